The average molecular weight is 295 g/mol. The highest BCUT2D eigenvalue weighted by Gasteiger charge is 2.08. The lowest BCUT2D eigenvalue weighted by atomic mass is 10.2. The quantitative estimate of drug-likeness (QED) is 0.800. The molecule has 112 valence electrons. The monoisotopic (exact) mass is 295 g/mol. The maximum atomic E-state index is 5.53. The van der Waals surface area contributed by atoms with Gasteiger partial charge in [0.25, 0.3) is 0 Å². The molecule has 1 aromatic rings. The van der Waals surface area contributed by atoms with Gasteiger partial charge in [0, 0.05) is 29.2 Å². The summed E-state index contributed by atoms with van der Waals surface area (Å²) in [5.74, 6) is 1.32. The summed E-state index contributed by atoms with van der Waals surface area (Å²) in [4.78, 5) is 19.8. The zero-order valence-electron chi connectivity index (χ0n) is 12.1. The van der Waals surface area contributed by atoms with Gasteiger partial charge < -0.3 is 9.68 Å². The Labute approximate surface area is 129 Å². The van der Waals surface area contributed by atoms with E-state index in [0.717, 1.165) is 17.6 Å². The fraction of sp³-hybridized carbons (Fsp3) is 0.176. The van der Waals surface area contributed by atoms with Crippen LogP contribution in [0.2, 0.25) is 0 Å². The van der Waals surface area contributed by atoms with Crippen LogP contribution in [-0.2, 0) is 4.84 Å². The van der Waals surface area contributed by atoms with Crippen molar-refractivity contribution in [1.82, 2.24) is 5.64 Å². The van der Waals surface area contributed by atoms with Crippen molar-refractivity contribution in [3.63, 3.8) is 0 Å². The first-order chi connectivity index (χ1) is 10.9. The molecule has 5 nitrogen and oxygen atoms in total. The zero-order chi connectivity index (χ0) is 15.0. The zero-order valence-corrected chi connectivity index (χ0v) is 12.1. The fourth-order valence-electron chi connectivity index (χ4n) is 2.07. The summed E-state index contributed by atoms with van der Waals surface area (Å²) >= 11 is 0. The lowest BCUT2D eigenvalue weighted by Crippen LogP contribution is -2.20. The summed E-state index contributed by atoms with van der Waals surface area (Å²) in [7, 11) is 0. The summed E-state index contributed by atoms with van der Waals surface area (Å²) in [6, 6.07) is 7.62. The lowest BCUT2D eigenvalue weighted by Gasteiger charge is -2.12. The standard InChI is InChI=1S/C17H17N3O2/c1-2-6-14-12-18-10-11-19-13-15-7-4-5-9-17(15)22-20-21-16(14)8-3-1/h1,3-9,12-13,20H,2,10-11H2. The van der Waals surface area contributed by atoms with E-state index in [2.05, 4.69) is 21.7 Å². The van der Waals surface area contributed by atoms with Gasteiger partial charge in [-0.1, -0.05) is 30.4 Å². The van der Waals surface area contributed by atoms with E-state index in [-0.39, 0.29) is 0 Å². The number of hydrogen-bond acceptors (Lipinski definition) is 5. The molecule has 1 heterocycles. The number of nitrogens with zero attached hydrogens (tertiary/aromatic N) is 2. The molecule has 0 unspecified atom stereocenters. The molecule has 0 spiro atoms. The molecule has 0 atom stereocenters. The Morgan fingerprint density at radius 3 is 2.82 bits per heavy atom. The third-order valence-electron chi connectivity index (χ3n) is 3.18. The SMILES string of the molecule is C1=CCC=C2C=NCCN=Cc3ccccc3ONOC2=C1. The van der Waals surface area contributed by atoms with Gasteiger partial charge in [0.2, 0.25) is 0 Å². The van der Waals surface area contributed by atoms with Gasteiger partial charge in [-0.15, -0.1) is 0 Å². The second kappa shape index (κ2) is 7.38. The minimum absolute atomic E-state index is 0.629. The van der Waals surface area contributed by atoms with Crippen LogP contribution in [0.5, 0.6) is 5.75 Å². The van der Waals surface area contributed by atoms with Crippen molar-refractivity contribution in [3.8, 4) is 5.75 Å². The Balaban J connectivity index is 1.84. The molecule has 2 aliphatic rings. The number of rotatable bonds is 0. The molecule has 0 saturated heterocycles. The predicted molar refractivity (Wildman–Crippen MR) is 87.0 cm³/mol. The number of allylic oxidation sites excluding steroid dienone is 5. The molecular formula is C17H17N3O2. The van der Waals surface area contributed by atoms with Gasteiger partial charge in [-0.05, 0) is 24.6 Å². The fourth-order valence-corrected chi connectivity index (χ4v) is 2.07. The number of aliphatic imine (C=N–C) groups is 2. The highest BCUT2D eigenvalue weighted by atomic mass is 16.9. The van der Waals surface area contributed by atoms with Crippen molar-refractivity contribution in [2.24, 2.45) is 9.98 Å². The summed E-state index contributed by atoms with van der Waals surface area (Å²) in [6.45, 7) is 1.26. The summed E-state index contributed by atoms with van der Waals surface area (Å²) in [5.41, 5.74) is 4.34. The van der Waals surface area contributed by atoms with Crippen LogP contribution < -0.4 is 10.5 Å². The number of fused-ring (bicyclic) bond motifs is 2. The van der Waals surface area contributed by atoms with E-state index in [1.54, 1.807) is 12.4 Å². The third kappa shape index (κ3) is 3.71. The van der Waals surface area contributed by atoms with Crippen LogP contribution in [-0.4, -0.2) is 25.5 Å². The Bertz CT molecular complexity index is 672. The average Bonchev–Trinajstić information content (AvgIpc) is 2.76. The molecule has 0 aromatic heterocycles. The van der Waals surface area contributed by atoms with Gasteiger partial charge in [0.05, 0.1) is 13.1 Å². The largest absolute Gasteiger partial charge is 0.373 e. The van der Waals surface area contributed by atoms with Crippen LogP contribution in [0.25, 0.3) is 0 Å². The van der Waals surface area contributed by atoms with Gasteiger partial charge in [-0.2, -0.15) is 0 Å². The molecular weight excluding hydrogens is 278 g/mol. The van der Waals surface area contributed by atoms with E-state index in [1.165, 1.54) is 0 Å². The number of para-hydroxylation sites is 1. The lowest BCUT2D eigenvalue weighted by molar-refractivity contribution is -0.0665. The van der Waals surface area contributed by atoms with E-state index in [1.807, 2.05) is 42.5 Å². The van der Waals surface area contributed by atoms with E-state index in [0.29, 0.717) is 24.6 Å². The van der Waals surface area contributed by atoms with Gasteiger partial charge in [-0.3, -0.25) is 9.98 Å². The second-order valence-corrected chi connectivity index (χ2v) is 4.75. The van der Waals surface area contributed by atoms with Crippen molar-refractivity contribution >= 4 is 12.4 Å². The van der Waals surface area contributed by atoms with Crippen molar-refractivity contribution < 1.29 is 9.68 Å². The molecule has 0 saturated carbocycles. The number of hydrogen-bond donors (Lipinski definition) is 1. The first-order valence-corrected chi connectivity index (χ1v) is 7.18. The minimum Gasteiger partial charge on any atom is -0.373 e. The Morgan fingerprint density at radius 2 is 1.86 bits per heavy atom. The van der Waals surface area contributed by atoms with Gasteiger partial charge in [0.1, 0.15) is 0 Å². The van der Waals surface area contributed by atoms with Crippen LogP contribution >= 0.6 is 0 Å². The summed E-state index contributed by atoms with van der Waals surface area (Å²) in [6.07, 6.45) is 12.4. The number of benzene rings is 1. The molecule has 5 heteroatoms. The second-order valence-electron chi connectivity index (χ2n) is 4.75. The van der Waals surface area contributed by atoms with Crippen molar-refractivity contribution in [2.75, 3.05) is 13.1 Å². The van der Waals surface area contributed by atoms with E-state index < -0.39 is 0 Å². The Kier molecular flexibility index (Phi) is 4.79. The predicted octanol–water partition coefficient (Wildman–Crippen LogP) is 2.78. The maximum absolute atomic E-state index is 5.53. The molecule has 1 N–H and O–H groups in total. The molecule has 0 radical (unpaired) electrons. The molecule has 1 aliphatic carbocycles. The van der Waals surface area contributed by atoms with E-state index in [4.69, 9.17) is 9.68 Å². The minimum atomic E-state index is 0.629. The van der Waals surface area contributed by atoms with Crippen LogP contribution in [0.15, 0.2) is 69.9 Å². The first kappa shape index (κ1) is 14.3. The molecule has 3 rings (SSSR count). The van der Waals surface area contributed by atoms with Crippen LogP contribution in [0.1, 0.15) is 12.0 Å². The van der Waals surface area contributed by atoms with Crippen LogP contribution in [0.4, 0.5) is 0 Å². The van der Waals surface area contributed by atoms with E-state index in [9.17, 15) is 0 Å². The first-order valence-electron chi connectivity index (χ1n) is 7.18. The van der Waals surface area contributed by atoms with Gasteiger partial charge in [0.15, 0.2) is 11.5 Å². The topological polar surface area (TPSA) is 55.2 Å². The Morgan fingerprint density at radius 1 is 1.00 bits per heavy atom. The molecule has 22 heavy (non-hydrogen) atoms. The number of nitrogens with one attached hydrogen (secondary N) is 1. The summed E-state index contributed by atoms with van der Waals surface area (Å²) in [5, 5.41) is 0. The van der Waals surface area contributed by atoms with Crippen molar-refractivity contribution in [3.05, 3.63) is 65.5 Å². The molecule has 0 bridgehead atoms. The normalized spacial score (nSPS) is 18.0. The van der Waals surface area contributed by atoms with Crippen LogP contribution in [0.3, 0.4) is 0 Å². The highest BCUT2D eigenvalue weighted by Crippen LogP contribution is 2.17. The molecule has 1 aromatic carbocycles. The molecule has 0 fully saturated rings. The van der Waals surface area contributed by atoms with Crippen molar-refractivity contribution in [2.45, 2.75) is 6.42 Å². The molecule has 1 aliphatic heterocycles. The maximum Gasteiger partial charge on any atom is 0.160 e. The van der Waals surface area contributed by atoms with Gasteiger partial charge >= 0.3 is 0 Å². The van der Waals surface area contributed by atoms with E-state index >= 15 is 0 Å². The highest BCUT2D eigenvalue weighted by molar-refractivity contribution is 5.84. The third-order valence-corrected chi connectivity index (χ3v) is 3.18. The van der Waals surface area contributed by atoms with Crippen molar-refractivity contribution in [1.29, 1.82) is 0 Å². The van der Waals surface area contributed by atoms with Gasteiger partial charge in [-0.25, -0.2) is 0 Å². The van der Waals surface area contributed by atoms with Crippen LogP contribution in [0, 0.1) is 0 Å². The smallest absolute Gasteiger partial charge is 0.160 e. The Hall–Kier alpha value is -2.66. The summed E-state index contributed by atoms with van der Waals surface area (Å²) < 4.78 is 0. The molecule has 0 amide bonds.